The number of nitrogens with zero attached hydrogens (tertiary/aromatic N) is 1. The van der Waals surface area contributed by atoms with Crippen LogP contribution in [0.4, 0.5) is 14.5 Å². The van der Waals surface area contributed by atoms with Crippen molar-refractivity contribution in [2.45, 2.75) is 0 Å². The molecule has 0 heterocycles. The summed E-state index contributed by atoms with van der Waals surface area (Å²) in [5.41, 5.74) is -1.03. The lowest BCUT2D eigenvalue weighted by Gasteiger charge is -2.00. The van der Waals surface area contributed by atoms with Gasteiger partial charge >= 0.3 is 5.69 Å². The molecule has 0 spiro atoms. The second kappa shape index (κ2) is 3.25. The first-order chi connectivity index (χ1) is 5.95. The number of phenols is 1. The van der Waals surface area contributed by atoms with Crippen LogP contribution in [0, 0.1) is 21.7 Å². The van der Waals surface area contributed by atoms with Gasteiger partial charge in [-0.05, 0) is 15.9 Å². The van der Waals surface area contributed by atoms with E-state index in [9.17, 15) is 18.9 Å². The van der Waals surface area contributed by atoms with Gasteiger partial charge in [0.25, 0.3) is 0 Å². The lowest BCUT2D eigenvalue weighted by molar-refractivity contribution is -0.387. The van der Waals surface area contributed by atoms with E-state index in [-0.39, 0.29) is 4.47 Å². The van der Waals surface area contributed by atoms with Gasteiger partial charge in [-0.3, -0.25) is 10.1 Å². The molecule has 0 amide bonds. The van der Waals surface area contributed by atoms with Crippen LogP contribution in [0.25, 0.3) is 0 Å². The second-order valence-corrected chi connectivity index (χ2v) is 2.97. The molecule has 0 radical (unpaired) electrons. The summed E-state index contributed by atoms with van der Waals surface area (Å²) in [6.07, 6.45) is 0. The Kier molecular flexibility index (Phi) is 2.46. The molecule has 0 saturated carbocycles. The Morgan fingerprint density at radius 3 is 2.46 bits per heavy atom. The maximum absolute atomic E-state index is 12.7. The van der Waals surface area contributed by atoms with Crippen LogP contribution < -0.4 is 0 Å². The number of nitro groups is 1. The standard InChI is InChI=1S/C6H2BrF2NO3/c7-2-1-3(10(12)13)4(8)5(9)6(2)11/h1,11H. The van der Waals surface area contributed by atoms with E-state index in [0.29, 0.717) is 6.07 Å². The molecule has 1 aromatic rings. The van der Waals surface area contributed by atoms with E-state index < -0.39 is 28.0 Å². The van der Waals surface area contributed by atoms with Gasteiger partial charge < -0.3 is 5.11 Å². The number of rotatable bonds is 1. The fraction of sp³-hybridized carbons (Fsp3) is 0. The van der Waals surface area contributed by atoms with Crippen LogP contribution in [0.5, 0.6) is 5.75 Å². The van der Waals surface area contributed by atoms with Crippen molar-refractivity contribution in [1.29, 1.82) is 0 Å². The summed E-state index contributed by atoms with van der Waals surface area (Å²) >= 11 is 2.64. The molecule has 0 aliphatic heterocycles. The minimum Gasteiger partial charge on any atom is -0.504 e. The molecule has 1 rings (SSSR count). The Balaban J connectivity index is 3.50. The number of hydrogen-bond donors (Lipinski definition) is 1. The van der Waals surface area contributed by atoms with Crippen molar-refractivity contribution in [3.05, 3.63) is 32.3 Å². The predicted molar refractivity (Wildman–Crippen MR) is 42.4 cm³/mol. The van der Waals surface area contributed by atoms with E-state index in [1.54, 1.807) is 0 Å². The Morgan fingerprint density at radius 1 is 1.46 bits per heavy atom. The fourth-order valence-electron chi connectivity index (χ4n) is 0.706. The summed E-state index contributed by atoms with van der Waals surface area (Å²) in [5.74, 6) is -4.30. The van der Waals surface area contributed by atoms with E-state index in [1.807, 2.05) is 0 Å². The first-order valence-corrected chi connectivity index (χ1v) is 3.75. The molecule has 1 aromatic carbocycles. The zero-order valence-corrected chi connectivity index (χ0v) is 7.51. The summed E-state index contributed by atoms with van der Waals surface area (Å²) in [7, 11) is 0. The molecule has 70 valence electrons. The van der Waals surface area contributed by atoms with Crippen molar-refractivity contribution in [3.63, 3.8) is 0 Å². The molecular weight excluding hydrogens is 252 g/mol. The Labute approximate surface area is 79.1 Å². The van der Waals surface area contributed by atoms with Crippen LogP contribution in [0.3, 0.4) is 0 Å². The molecule has 0 atom stereocenters. The van der Waals surface area contributed by atoms with E-state index in [2.05, 4.69) is 15.9 Å². The highest BCUT2D eigenvalue weighted by atomic mass is 79.9. The van der Waals surface area contributed by atoms with E-state index in [4.69, 9.17) is 5.11 Å². The largest absolute Gasteiger partial charge is 0.504 e. The number of halogens is 3. The van der Waals surface area contributed by atoms with Crippen molar-refractivity contribution in [2.75, 3.05) is 0 Å². The molecule has 0 aliphatic rings. The van der Waals surface area contributed by atoms with E-state index in [0.717, 1.165) is 0 Å². The molecule has 7 heteroatoms. The molecule has 4 nitrogen and oxygen atoms in total. The monoisotopic (exact) mass is 253 g/mol. The number of aromatic hydroxyl groups is 1. The summed E-state index contributed by atoms with van der Waals surface area (Å²) in [4.78, 5) is 9.05. The molecule has 0 unspecified atom stereocenters. The second-order valence-electron chi connectivity index (χ2n) is 2.11. The maximum Gasteiger partial charge on any atom is 0.309 e. The third kappa shape index (κ3) is 1.59. The Morgan fingerprint density at radius 2 is 2.00 bits per heavy atom. The lowest BCUT2D eigenvalue weighted by atomic mass is 10.3. The molecule has 13 heavy (non-hydrogen) atoms. The number of nitro benzene ring substituents is 1. The van der Waals surface area contributed by atoms with Gasteiger partial charge in [0.05, 0.1) is 9.40 Å². The van der Waals surface area contributed by atoms with E-state index >= 15 is 0 Å². The predicted octanol–water partition coefficient (Wildman–Crippen LogP) is 2.34. The molecule has 0 saturated heterocycles. The minimum atomic E-state index is -1.68. The van der Waals surface area contributed by atoms with Gasteiger partial charge in [-0.15, -0.1) is 0 Å². The smallest absolute Gasteiger partial charge is 0.309 e. The van der Waals surface area contributed by atoms with Crippen LogP contribution in [0.1, 0.15) is 0 Å². The number of hydrogen-bond acceptors (Lipinski definition) is 3. The summed E-state index contributed by atoms with van der Waals surface area (Å²) < 4.78 is 25.1. The SMILES string of the molecule is O=[N+]([O-])c1cc(Br)c(O)c(F)c1F. The van der Waals surface area contributed by atoms with Gasteiger partial charge in [0.2, 0.25) is 11.6 Å². The van der Waals surface area contributed by atoms with Crippen LogP contribution in [0.15, 0.2) is 10.5 Å². The van der Waals surface area contributed by atoms with Crippen molar-refractivity contribution in [3.8, 4) is 5.75 Å². The van der Waals surface area contributed by atoms with Crippen molar-refractivity contribution in [2.24, 2.45) is 0 Å². The number of benzene rings is 1. The summed E-state index contributed by atoms with van der Waals surface area (Å²) in [5, 5.41) is 18.9. The van der Waals surface area contributed by atoms with E-state index in [1.165, 1.54) is 0 Å². The van der Waals surface area contributed by atoms with Gasteiger partial charge in [-0.25, -0.2) is 0 Å². The normalized spacial score (nSPS) is 10.1. The van der Waals surface area contributed by atoms with Gasteiger partial charge in [0.15, 0.2) is 5.75 Å². The molecule has 0 bridgehead atoms. The Hall–Kier alpha value is -1.24. The molecule has 0 fully saturated rings. The fourth-order valence-corrected chi connectivity index (χ4v) is 1.10. The van der Waals surface area contributed by atoms with Crippen LogP contribution in [-0.4, -0.2) is 10.0 Å². The minimum absolute atomic E-state index is 0.266. The Bertz CT molecular complexity index is 383. The van der Waals surface area contributed by atoms with Crippen molar-refractivity contribution < 1.29 is 18.8 Å². The highest BCUT2D eigenvalue weighted by molar-refractivity contribution is 9.10. The van der Waals surface area contributed by atoms with Gasteiger partial charge in [0, 0.05) is 6.07 Å². The molecule has 0 aliphatic carbocycles. The van der Waals surface area contributed by atoms with Crippen LogP contribution in [0.2, 0.25) is 0 Å². The molecular formula is C6H2BrF2NO3. The van der Waals surface area contributed by atoms with Crippen LogP contribution in [-0.2, 0) is 0 Å². The van der Waals surface area contributed by atoms with Gasteiger partial charge in [-0.2, -0.15) is 8.78 Å². The third-order valence-corrected chi connectivity index (χ3v) is 1.92. The lowest BCUT2D eigenvalue weighted by Crippen LogP contribution is -1.96. The summed E-state index contributed by atoms with van der Waals surface area (Å²) in [6.45, 7) is 0. The maximum atomic E-state index is 12.7. The van der Waals surface area contributed by atoms with Gasteiger partial charge in [0.1, 0.15) is 0 Å². The number of phenolic OH excluding ortho intramolecular Hbond substituents is 1. The first kappa shape index (κ1) is 9.85. The zero-order valence-electron chi connectivity index (χ0n) is 5.92. The summed E-state index contributed by atoms with van der Waals surface area (Å²) in [6, 6.07) is 0.688. The van der Waals surface area contributed by atoms with Crippen molar-refractivity contribution >= 4 is 21.6 Å². The third-order valence-electron chi connectivity index (χ3n) is 1.31. The highest BCUT2D eigenvalue weighted by Crippen LogP contribution is 2.34. The first-order valence-electron chi connectivity index (χ1n) is 2.96. The average Bonchev–Trinajstić information content (AvgIpc) is 2.07. The molecule has 0 aromatic heterocycles. The zero-order chi connectivity index (χ0) is 10.2. The van der Waals surface area contributed by atoms with Crippen LogP contribution >= 0.6 is 15.9 Å². The quantitative estimate of drug-likeness (QED) is 0.475. The average molecular weight is 254 g/mol. The molecule has 1 N–H and O–H groups in total. The van der Waals surface area contributed by atoms with Crippen molar-refractivity contribution in [1.82, 2.24) is 0 Å². The highest BCUT2D eigenvalue weighted by Gasteiger charge is 2.23. The van der Waals surface area contributed by atoms with Gasteiger partial charge in [-0.1, -0.05) is 0 Å². The topological polar surface area (TPSA) is 63.4 Å².